The van der Waals surface area contributed by atoms with Crippen LogP contribution in [0.3, 0.4) is 0 Å². The van der Waals surface area contributed by atoms with Crippen molar-refractivity contribution in [2.24, 2.45) is 0 Å². The molecule has 0 bridgehead atoms. The SMILES string of the molecule is CSC(c1cc2c(cc1F)c(N(C)c1ccccc1)nc1nnc(C)n12)S(=O)(=O)Cc1ccccc1. The Balaban J connectivity index is 1.71. The number of hydrogen-bond donors (Lipinski definition) is 0. The summed E-state index contributed by atoms with van der Waals surface area (Å²) in [4.78, 5) is 6.52. The Morgan fingerprint density at radius 3 is 2.36 bits per heavy atom. The molecule has 0 saturated carbocycles. The van der Waals surface area contributed by atoms with Crippen molar-refractivity contribution in [3.8, 4) is 0 Å². The molecule has 0 aliphatic heterocycles. The second-order valence-corrected chi connectivity index (χ2v) is 11.8. The highest BCUT2D eigenvalue weighted by Gasteiger charge is 2.31. The Morgan fingerprint density at radius 2 is 1.69 bits per heavy atom. The number of nitrogens with zero attached hydrogens (tertiary/aromatic N) is 5. The molecule has 2 aromatic heterocycles. The molecule has 0 radical (unpaired) electrons. The summed E-state index contributed by atoms with van der Waals surface area (Å²) in [5.74, 6) is 0.628. The van der Waals surface area contributed by atoms with Gasteiger partial charge in [-0.3, -0.25) is 4.40 Å². The van der Waals surface area contributed by atoms with Crippen molar-refractivity contribution in [3.05, 3.63) is 95.6 Å². The third-order valence-electron chi connectivity index (χ3n) is 6.08. The van der Waals surface area contributed by atoms with Crippen LogP contribution in [0.1, 0.15) is 21.5 Å². The topological polar surface area (TPSA) is 80.5 Å². The zero-order valence-corrected chi connectivity index (χ0v) is 21.6. The van der Waals surface area contributed by atoms with E-state index in [1.807, 2.05) is 48.3 Å². The van der Waals surface area contributed by atoms with Crippen LogP contribution in [-0.2, 0) is 15.6 Å². The van der Waals surface area contributed by atoms with Gasteiger partial charge in [0.1, 0.15) is 22.0 Å². The Labute approximate surface area is 212 Å². The number of para-hydroxylation sites is 1. The molecule has 10 heteroatoms. The van der Waals surface area contributed by atoms with Gasteiger partial charge in [-0.25, -0.2) is 12.8 Å². The molecule has 3 aromatic carbocycles. The molecular formula is C26H24FN5O2S2. The number of fused-ring (bicyclic) bond motifs is 3. The first-order valence-corrected chi connectivity index (χ1v) is 14.2. The van der Waals surface area contributed by atoms with Gasteiger partial charge in [0.25, 0.3) is 5.78 Å². The molecular weight excluding hydrogens is 497 g/mol. The summed E-state index contributed by atoms with van der Waals surface area (Å²) in [6.07, 6.45) is 1.68. The van der Waals surface area contributed by atoms with Crippen LogP contribution >= 0.6 is 11.8 Å². The fourth-order valence-electron chi connectivity index (χ4n) is 4.36. The number of halogens is 1. The van der Waals surface area contributed by atoms with E-state index < -0.39 is 20.2 Å². The first-order chi connectivity index (χ1) is 17.3. The molecule has 0 aliphatic rings. The largest absolute Gasteiger partial charge is 0.329 e. The molecule has 7 nitrogen and oxygen atoms in total. The monoisotopic (exact) mass is 521 g/mol. The van der Waals surface area contributed by atoms with Crippen LogP contribution < -0.4 is 4.90 Å². The number of aromatic nitrogens is 4. The Morgan fingerprint density at radius 1 is 1.03 bits per heavy atom. The van der Waals surface area contributed by atoms with Crippen LogP contribution in [0.2, 0.25) is 0 Å². The molecule has 0 saturated heterocycles. The first-order valence-electron chi connectivity index (χ1n) is 11.2. The molecule has 0 spiro atoms. The van der Waals surface area contributed by atoms with Crippen molar-refractivity contribution in [2.45, 2.75) is 17.3 Å². The van der Waals surface area contributed by atoms with Gasteiger partial charge in [-0.15, -0.1) is 22.0 Å². The summed E-state index contributed by atoms with van der Waals surface area (Å²) in [5, 5.41) is 8.87. The van der Waals surface area contributed by atoms with Gasteiger partial charge in [-0.05, 0) is 43.0 Å². The van der Waals surface area contributed by atoms with E-state index in [2.05, 4.69) is 15.2 Å². The molecule has 1 unspecified atom stereocenters. The van der Waals surface area contributed by atoms with Gasteiger partial charge in [0.2, 0.25) is 0 Å². The zero-order valence-electron chi connectivity index (χ0n) is 20.0. The number of benzene rings is 3. The number of sulfone groups is 1. The minimum Gasteiger partial charge on any atom is -0.329 e. The normalized spacial score (nSPS) is 12.8. The smallest absolute Gasteiger partial charge is 0.257 e. The number of aryl methyl sites for hydroxylation is 1. The van der Waals surface area contributed by atoms with Crippen molar-refractivity contribution in [1.29, 1.82) is 0 Å². The third kappa shape index (κ3) is 4.31. The second kappa shape index (κ2) is 9.51. The van der Waals surface area contributed by atoms with Crippen molar-refractivity contribution in [3.63, 3.8) is 0 Å². The highest BCUT2D eigenvalue weighted by Crippen LogP contribution is 2.40. The van der Waals surface area contributed by atoms with E-state index in [1.165, 1.54) is 6.07 Å². The maximum absolute atomic E-state index is 15.7. The van der Waals surface area contributed by atoms with Gasteiger partial charge >= 0.3 is 0 Å². The van der Waals surface area contributed by atoms with E-state index in [0.717, 1.165) is 17.4 Å². The highest BCUT2D eigenvalue weighted by molar-refractivity contribution is 8.12. The highest BCUT2D eigenvalue weighted by atomic mass is 32.3. The minimum atomic E-state index is -3.73. The van der Waals surface area contributed by atoms with Crippen LogP contribution in [0.4, 0.5) is 15.9 Å². The molecule has 0 amide bonds. The van der Waals surface area contributed by atoms with E-state index in [9.17, 15) is 8.42 Å². The lowest BCUT2D eigenvalue weighted by molar-refractivity contribution is 0.585. The Bertz CT molecular complexity index is 1660. The van der Waals surface area contributed by atoms with Gasteiger partial charge in [0.15, 0.2) is 9.84 Å². The third-order valence-corrected chi connectivity index (χ3v) is 9.86. The number of anilines is 2. The van der Waals surface area contributed by atoms with Gasteiger partial charge in [0.05, 0.1) is 11.3 Å². The molecule has 0 fully saturated rings. The van der Waals surface area contributed by atoms with Gasteiger partial charge in [0, 0.05) is 23.7 Å². The lowest BCUT2D eigenvalue weighted by Gasteiger charge is -2.22. The molecule has 0 N–H and O–H groups in total. The summed E-state index contributed by atoms with van der Waals surface area (Å²) < 4.78 is 43.2. The van der Waals surface area contributed by atoms with E-state index >= 15 is 4.39 Å². The van der Waals surface area contributed by atoms with Crippen LogP contribution in [0, 0.1) is 12.7 Å². The van der Waals surface area contributed by atoms with Crippen molar-refractivity contribution in [1.82, 2.24) is 19.6 Å². The lowest BCUT2D eigenvalue weighted by atomic mass is 10.1. The zero-order chi connectivity index (χ0) is 25.4. The quantitative estimate of drug-likeness (QED) is 0.281. The predicted octanol–water partition coefficient (Wildman–Crippen LogP) is 5.47. The standard InChI is InChI=1S/C26H24FN5O2S2/c1-17-29-30-26-28-24(31(2)19-12-8-5-9-13-19)21-14-22(27)20(15-23(21)32(17)26)25(35-3)36(33,34)16-18-10-6-4-7-11-18/h4-15,25H,16H2,1-3H3. The average molecular weight is 522 g/mol. The minimum absolute atomic E-state index is 0.0971. The van der Waals surface area contributed by atoms with E-state index in [1.54, 1.807) is 47.9 Å². The number of rotatable bonds is 7. The summed E-state index contributed by atoms with van der Waals surface area (Å²) in [5.41, 5.74) is 2.21. The van der Waals surface area contributed by atoms with E-state index in [0.29, 0.717) is 33.9 Å². The fourth-order valence-corrected chi connectivity index (χ4v) is 7.55. The lowest BCUT2D eigenvalue weighted by Crippen LogP contribution is -2.16. The van der Waals surface area contributed by atoms with Crippen molar-refractivity contribution in [2.75, 3.05) is 18.2 Å². The fraction of sp³-hybridized carbons (Fsp3) is 0.192. The maximum Gasteiger partial charge on any atom is 0.257 e. The maximum atomic E-state index is 15.7. The molecule has 36 heavy (non-hydrogen) atoms. The molecule has 0 aliphatic carbocycles. The average Bonchev–Trinajstić information content (AvgIpc) is 3.25. The van der Waals surface area contributed by atoms with Crippen molar-refractivity contribution >= 4 is 49.8 Å². The summed E-state index contributed by atoms with van der Waals surface area (Å²) in [6.45, 7) is 1.78. The Kier molecular flexibility index (Phi) is 6.40. The number of thioether (sulfide) groups is 1. The van der Waals surface area contributed by atoms with Gasteiger partial charge < -0.3 is 4.90 Å². The second-order valence-electron chi connectivity index (χ2n) is 8.46. The van der Waals surface area contributed by atoms with Gasteiger partial charge in [-0.1, -0.05) is 48.5 Å². The van der Waals surface area contributed by atoms with Gasteiger partial charge in [-0.2, -0.15) is 4.98 Å². The Hall–Kier alpha value is -3.50. The summed E-state index contributed by atoms with van der Waals surface area (Å²) >= 11 is 1.10. The van der Waals surface area contributed by atoms with Crippen molar-refractivity contribution < 1.29 is 12.8 Å². The summed E-state index contributed by atoms with van der Waals surface area (Å²) in [7, 11) is -1.89. The predicted molar refractivity (Wildman–Crippen MR) is 143 cm³/mol. The van der Waals surface area contributed by atoms with Crippen LogP contribution in [0.25, 0.3) is 16.7 Å². The van der Waals surface area contributed by atoms with Crippen LogP contribution in [0.15, 0.2) is 72.8 Å². The molecule has 1 atom stereocenters. The molecule has 5 aromatic rings. The van der Waals surface area contributed by atoms with Crippen LogP contribution in [0.5, 0.6) is 0 Å². The summed E-state index contributed by atoms with van der Waals surface area (Å²) in [6, 6.07) is 21.5. The molecule has 2 heterocycles. The van der Waals surface area contributed by atoms with Crippen LogP contribution in [-0.4, -0.2) is 41.3 Å². The first kappa shape index (κ1) is 24.2. The van der Waals surface area contributed by atoms with E-state index in [4.69, 9.17) is 0 Å². The number of hydrogen-bond acceptors (Lipinski definition) is 7. The van der Waals surface area contributed by atoms with E-state index in [-0.39, 0.29) is 11.3 Å². The molecule has 184 valence electrons. The molecule has 5 rings (SSSR count).